The van der Waals surface area contributed by atoms with Crippen molar-refractivity contribution in [3.05, 3.63) is 83.0 Å². The van der Waals surface area contributed by atoms with Gasteiger partial charge in [-0.05, 0) is 55.3 Å². The lowest BCUT2D eigenvalue weighted by molar-refractivity contribution is -0.117. The van der Waals surface area contributed by atoms with Gasteiger partial charge < -0.3 is 9.64 Å². The zero-order chi connectivity index (χ0) is 22.8. The first-order chi connectivity index (χ1) is 15.4. The van der Waals surface area contributed by atoms with Gasteiger partial charge >= 0.3 is 0 Å². The van der Waals surface area contributed by atoms with Crippen LogP contribution in [-0.4, -0.2) is 29.9 Å². The van der Waals surface area contributed by atoms with Gasteiger partial charge in [0.2, 0.25) is 5.91 Å². The molecule has 2 heterocycles. The smallest absolute Gasteiger partial charge is 0.258 e. The van der Waals surface area contributed by atoms with Gasteiger partial charge in [-0.25, -0.2) is 4.98 Å². The number of rotatable bonds is 4. The van der Waals surface area contributed by atoms with Gasteiger partial charge in [0.15, 0.2) is 0 Å². The van der Waals surface area contributed by atoms with Crippen molar-refractivity contribution in [3.8, 4) is 5.75 Å². The summed E-state index contributed by atoms with van der Waals surface area (Å²) in [5.74, 6) is 0.922. The average molecular weight is 450 g/mol. The average Bonchev–Trinajstić information content (AvgIpc) is 2.80. The predicted octanol–water partition coefficient (Wildman–Crippen LogP) is 5.28. The Labute approximate surface area is 192 Å². The molecule has 0 bridgehead atoms. The van der Waals surface area contributed by atoms with Crippen LogP contribution in [0.3, 0.4) is 0 Å². The quantitative estimate of drug-likeness (QED) is 0.543. The molecule has 0 fully saturated rings. The third-order valence-corrected chi connectivity index (χ3v) is 5.93. The number of benzene rings is 2. The normalized spacial score (nSPS) is 17.4. The lowest BCUT2D eigenvalue weighted by Crippen LogP contribution is -2.47. The van der Waals surface area contributed by atoms with Gasteiger partial charge in [-0.1, -0.05) is 35.9 Å². The monoisotopic (exact) mass is 449 g/mol. The van der Waals surface area contributed by atoms with E-state index in [0.717, 1.165) is 11.3 Å². The second-order valence-corrected chi connectivity index (χ2v) is 8.23. The van der Waals surface area contributed by atoms with Crippen molar-refractivity contribution in [1.82, 2.24) is 4.98 Å². The Hall–Kier alpha value is -3.38. The highest BCUT2D eigenvalue weighted by molar-refractivity contribution is 6.30. The zero-order valence-corrected chi connectivity index (χ0v) is 18.9. The minimum Gasteiger partial charge on any atom is -0.497 e. The Morgan fingerprint density at radius 1 is 1.12 bits per heavy atom. The van der Waals surface area contributed by atoms with E-state index < -0.39 is 0 Å². The Kier molecular flexibility index (Phi) is 6.15. The Balaban J connectivity index is 1.77. The lowest BCUT2D eigenvalue weighted by atomic mass is 9.89. The van der Waals surface area contributed by atoms with Crippen LogP contribution in [-0.2, 0) is 4.79 Å². The summed E-state index contributed by atoms with van der Waals surface area (Å²) in [6, 6.07) is 17.9. The summed E-state index contributed by atoms with van der Waals surface area (Å²) >= 11 is 6.00. The van der Waals surface area contributed by atoms with Crippen LogP contribution >= 0.6 is 11.6 Å². The number of hydrogen-bond donors (Lipinski definition) is 0. The van der Waals surface area contributed by atoms with Crippen LogP contribution in [0.5, 0.6) is 5.75 Å². The number of nitrogens with zero attached hydrogens (tertiary/aromatic N) is 3. The van der Waals surface area contributed by atoms with E-state index in [0.29, 0.717) is 28.6 Å². The Morgan fingerprint density at radius 2 is 1.91 bits per heavy atom. The second kappa shape index (κ2) is 9.01. The largest absolute Gasteiger partial charge is 0.497 e. The van der Waals surface area contributed by atoms with E-state index in [1.165, 1.54) is 13.1 Å². The third kappa shape index (κ3) is 4.06. The van der Waals surface area contributed by atoms with Gasteiger partial charge in [0.1, 0.15) is 11.6 Å². The van der Waals surface area contributed by atoms with Crippen LogP contribution in [0.25, 0.3) is 0 Å². The van der Waals surface area contributed by atoms with Gasteiger partial charge in [-0.2, -0.15) is 0 Å². The molecule has 4 rings (SSSR count). The molecule has 164 valence electrons. The molecule has 6 nitrogen and oxygen atoms in total. The first-order valence-corrected chi connectivity index (χ1v) is 10.8. The van der Waals surface area contributed by atoms with Crippen LogP contribution < -0.4 is 14.5 Å². The zero-order valence-electron chi connectivity index (χ0n) is 18.2. The molecule has 1 aromatic heterocycles. The fraction of sp³-hybridized carbons (Fsp3) is 0.240. The molecule has 0 aliphatic carbocycles. The number of hydrogen-bond acceptors (Lipinski definition) is 4. The second-order valence-electron chi connectivity index (χ2n) is 7.79. The number of carbonyl (C=O) groups is 2. The molecule has 2 amide bonds. The van der Waals surface area contributed by atoms with Crippen molar-refractivity contribution in [3.63, 3.8) is 0 Å². The van der Waals surface area contributed by atoms with Crippen molar-refractivity contribution < 1.29 is 14.3 Å². The van der Waals surface area contributed by atoms with Crippen LogP contribution in [0.2, 0.25) is 5.02 Å². The molecule has 0 saturated heterocycles. The standard InChI is InChI=1S/C25H24ClN3O3/c1-16-13-23(29(17(2)30)24-12-11-19(26)15-27-24)21-9-4-5-10-22(21)28(16)25(31)18-7-6-8-20(14-18)32-3/h4-12,14-16,23H,13H2,1-3H3/t16?,23-/m0/s1. The number of aromatic nitrogens is 1. The number of para-hydroxylation sites is 1. The SMILES string of the molecule is COc1cccc(C(=O)N2c3ccccc3[C@@H](N(C(C)=O)c3ccc(Cl)cn3)CC2C)c1. The van der Waals surface area contributed by atoms with Gasteiger partial charge in [0.05, 0.1) is 18.2 Å². The van der Waals surface area contributed by atoms with E-state index >= 15 is 0 Å². The molecule has 2 aromatic carbocycles. The number of amides is 2. The number of fused-ring (bicyclic) bond motifs is 1. The number of anilines is 2. The maximum atomic E-state index is 13.5. The fourth-order valence-electron chi connectivity index (χ4n) is 4.28. The Bertz CT molecular complexity index is 1150. The van der Waals surface area contributed by atoms with Crippen LogP contribution in [0, 0.1) is 0 Å². The molecule has 7 heteroatoms. The first-order valence-electron chi connectivity index (χ1n) is 10.4. The van der Waals surface area contributed by atoms with Crippen molar-refractivity contribution in [2.45, 2.75) is 32.4 Å². The summed E-state index contributed by atoms with van der Waals surface area (Å²) in [6.07, 6.45) is 2.10. The highest BCUT2D eigenvalue weighted by Crippen LogP contribution is 2.42. The molecular weight excluding hydrogens is 426 g/mol. The van der Waals surface area contributed by atoms with Gasteiger partial charge in [0, 0.05) is 30.4 Å². The van der Waals surface area contributed by atoms with Gasteiger partial charge in [-0.3, -0.25) is 14.5 Å². The Morgan fingerprint density at radius 3 is 2.59 bits per heavy atom. The van der Waals surface area contributed by atoms with Gasteiger partial charge in [0.25, 0.3) is 5.91 Å². The summed E-state index contributed by atoms with van der Waals surface area (Å²) in [5.41, 5.74) is 2.23. The van der Waals surface area contributed by atoms with Crippen LogP contribution in [0.15, 0.2) is 66.9 Å². The number of methoxy groups -OCH3 is 1. The molecule has 1 aliphatic rings. The lowest BCUT2D eigenvalue weighted by Gasteiger charge is -2.43. The van der Waals surface area contributed by atoms with E-state index in [9.17, 15) is 9.59 Å². The maximum absolute atomic E-state index is 13.5. The molecule has 0 N–H and O–H groups in total. The van der Waals surface area contributed by atoms with Crippen molar-refractivity contribution in [2.24, 2.45) is 0 Å². The molecule has 0 spiro atoms. The summed E-state index contributed by atoms with van der Waals surface area (Å²) in [6.45, 7) is 3.52. The molecule has 3 aromatic rings. The van der Waals surface area contributed by atoms with Crippen LogP contribution in [0.4, 0.5) is 11.5 Å². The molecule has 32 heavy (non-hydrogen) atoms. The molecule has 0 radical (unpaired) electrons. The number of halogens is 1. The van der Waals surface area contributed by atoms with Crippen molar-refractivity contribution in [1.29, 1.82) is 0 Å². The minimum absolute atomic E-state index is 0.110. The maximum Gasteiger partial charge on any atom is 0.258 e. The molecule has 2 atom stereocenters. The van der Waals surface area contributed by atoms with E-state index in [4.69, 9.17) is 16.3 Å². The molecular formula is C25H24ClN3O3. The third-order valence-electron chi connectivity index (χ3n) is 5.71. The molecule has 0 saturated carbocycles. The van der Waals surface area contributed by atoms with Crippen molar-refractivity contribution in [2.75, 3.05) is 16.9 Å². The van der Waals surface area contributed by atoms with E-state index in [-0.39, 0.29) is 23.9 Å². The summed E-state index contributed by atoms with van der Waals surface area (Å²) in [4.78, 5) is 34.1. The number of carbonyl (C=O) groups excluding carboxylic acids is 2. The number of pyridine rings is 1. The van der Waals surface area contributed by atoms with Crippen molar-refractivity contribution >= 4 is 34.9 Å². The molecule has 1 aliphatic heterocycles. The summed E-state index contributed by atoms with van der Waals surface area (Å²) < 4.78 is 5.29. The number of ether oxygens (including phenoxy) is 1. The first kappa shape index (κ1) is 21.8. The minimum atomic E-state index is -0.262. The molecule has 1 unspecified atom stereocenters. The fourth-order valence-corrected chi connectivity index (χ4v) is 4.39. The topological polar surface area (TPSA) is 62.7 Å². The predicted molar refractivity (Wildman–Crippen MR) is 125 cm³/mol. The van der Waals surface area contributed by atoms with Crippen LogP contribution in [0.1, 0.15) is 42.2 Å². The summed E-state index contributed by atoms with van der Waals surface area (Å²) in [5, 5.41) is 0.504. The van der Waals surface area contributed by atoms with E-state index in [2.05, 4.69) is 4.98 Å². The van der Waals surface area contributed by atoms with E-state index in [1.807, 2.05) is 37.3 Å². The summed E-state index contributed by atoms with van der Waals surface area (Å²) in [7, 11) is 1.58. The van der Waals surface area contributed by atoms with E-state index in [1.54, 1.807) is 47.2 Å². The highest BCUT2D eigenvalue weighted by Gasteiger charge is 2.38. The highest BCUT2D eigenvalue weighted by atomic mass is 35.5. The van der Waals surface area contributed by atoms with Gasteiger partial charge in [-0.15, -0.1) is 0 Å².